The molecule has 1 aromatic heterocycles. The van der Waals surface area contributed by atoms with Crippen molar-refractivity contribution in [3.63, 3.8) is 0 Å². The molecule has 14 heavy (non-hydrogen) atoms. The van der Waals surface area contributed by atoms with Gasteiger partial charge in [-0.1, -0.05) is 0 Å². The maximum absolute atomic E-state index is 11.5. The Morgan fingerprint density at radius 1 is 1.43 bits per heavy atom. The molecule has 0 unspecified atom stereocenters. The summed E-state index contributed by atoms with van der Waals surface area (Å²) in [6.45, 7) is 3.89. The molecule has 1 heterocycles. The van der Waals surface area contributed by atoms with E-state index in [1.54, 1.807) is 12.3 Å². The molecule has 0 fully saturated rings. The lowest BCUT2D eigenvalue weighted by Gasteiger charge is -2.00. The van der Waals surface area contributed by atoms with Crippen LogP contribution >= 0.6 is 11.3 Å². The van der Waals surface area contributed by atoms with Crippen molar-refractivity contribution in [2.45, 2.75) is 20.3 Å². The highest BCUT2D eigenvalue weighted by molar-refractivity contribution is 7.08. The first kappa shape index (κ1) is 10.9. The van der Waals surface area contributed by atoms with Gasteiger partial charge in [-0.25, -0.2) is 0 Å². The van der Waals surface area contributed by atoms with Gasteiger partial charge in [0.25, 0.3) is 0 Å². The summed E-state index contributed by atoms with van der Waals surface area (Å²) in [5.41, 5.74) is 1.55. The molecule has 1 aromatic rings. The lowest BCUT2D eigenvalue weighted by Crippen LogP contribution is -2.11. The molecule has 0 aromatic carbocycles. The first-order chi connectivity index (χ1) is 6.65. The molecule has 0 atom stereocenters. The number of carbonyl (C=O) groups excluding carboxylic acids is 2. The second kappa shape index (κ2) is 4.91. The number of hydrogen-bond donors (Lipinski definition) is 0. The Kier molecular flexibility index (Phi) is 3.83. The number of ketones is 1. The highest BCUT2D eigenvalue weighted by Gasteiger charge is 2.14. The standard InChI is InChI=1S/C10H12O3S/c1-3-13-10(12)4-9(11)8-6-14-5-7(8)2/h5-6H,3-4H2,1-2H3. The molecule has 0 N–H and O–H groups in total. The van der Waals surface area contributed by atoms with Crippen LogP contribution in [-0.4, -0.2) is 18.4 Å². The fraction of sp³-hybridized carbons (Fsp3) is 0.400. The zero-order valence-electron chi connectivity index (χ0n) is 8.20. The van der Waals surface area contributed by atoms with Crippen LogP contribution in [0.2, 0.25) is 0 Å². The van der Waals surface area contributed by atoms with Gasteiger partial charge in [-0.2, -0.15) is 11.3 Å². The zero-order valence-corrected chi connectivity index (χ0v) is 9.02. The molecule has 0 aliphatic rings. The molecule has 4 heteroatoms. The molecule has 0 amide bonds. The Labute approximate surface area is 86.7 Å². The van der Waals surface area contributed by atoms with Crippen LogP contribution in [-0.2, 0) is 9.53 Å². The Bertz CT molecular complexity index is 341. The predicted octanol–water partition coefficient (Wildman–Crippen LogP) is 2.19. The lowest BCUT2D eigenvalue weighted by molar-refractivity contribution is -0.141. The topological polar surface area (TPSA) is 43.4 Å². The number of ether oxygens (including phenoxy) is 1. The number of rotatable bonds is 4. The summed E-state index contributed by atoms with van der Waals surface area (Å²) < 4.78 is 4.69. The molecule has 76 valence electrons. The number of thiophene rings is 1. The number of Topliss-reactive ketones (excluding diaryl/α,β-unsaturated/α-hetero) is 1. The van der Waals surface area contributed by atoms with Gasteiger partial charge in [0, 0.05) is 10.9 Å². The summed E-state index contributed by atoms with van der Waals surface area (Å²) in [4.78, 5) is 22.5. The van der Waals surface area contributed by atoms with Gasteiger partial charge in [0.1, 0.15) is 6.42 Å². The molecular formula is C10H12O3S. The van der Waals surface area contributed by atoms with Crippen LogP contribution < -0.4 is 0 Å². The Hall–Kier alpha value is -1.16. The van der Waals surface area contributed by atoms with Crippen molar-refractivity contribution in [1.29, 1.82) is 0 Å². The van der Waals surface area contributed by atoms with Gasteiger partial charge < -0.3 is 4.74 Å². The van der Waals surface area contributed by atoms with Crippen molar-refractivity contribution < 1.29 is 14.3 Å². The van der Waals surface area contributed by atoms with Crippen LogP contribution in [0.5, 0.6) is 0 Å². The largest absolute Gasteiger partial charge is 0.466 e. The molecule has 0 saturated heterocycles. The van der Waals surface area contributed by atoms with Crippen molar-refractivity contribution in [3.05, 3.63) is 21.9 Å². The summed E-state index contributed by atoms with van der Waals surface area (Å²) >= 11 is 1.46. The molecule has 0 aliphatic carbocycles. The van der Waals surface area contributed by atoms with Crippen molar-refractivity contribution >= 4 is 23.1 Å². The minimum absolute atomic E-state index is 0.161. The first-order valence-corrected chi connectivity index (χ1v) is 5.31. The van der Waals surface area contributed by atoms with Gasteiger partial charge in [0.15, 0.2) is 5.78 Å². The van der Waals surface area contributed by atoms with E-state index < -0.39 is 5.97 Å². The number of esters is 1. The average Bonchev–Trinajstić information content (AvgIpc) is 2.51. The van der Waals surface area contributed by atoms with Crippen molar-refractivity contribution in [2.24, 2.45) is 0 Å². The van der Waals surface area contributed by atoms with E-state index in [0.29, 0.717) is 12.2 Å². The van der Waals surface area contributed by atoms with Crippen LogP contribution in [0.4, 0.5) is 0 Å². The van der Waals surface area contributed by atoms with Crippen LogP contribution in [0.1, 0.15) is 29.3 Å². The van der Waals surface area contributed by atoms with E-state index in [2.05, 4.69) is 0 Å². The third-order valence-electron chi connectivity index (χ3n) is 1.77. The van der Waals surface area contributed by atoms with Crippen molar-refractivity contribution in [1.82, 2.24) is 0 Å². The molecule has 0 aliphatic heterocycles. The van der Waals surface area contributed by atoms with Gasteiger partial charge in [0.05, 0.1) is 6.61 Å². The SMILES string of the molecule is CCOC(=O)CC(=O)c1cscc1C. The average molecular weight is 212 g/mol. The van der Waals surface area contributed by atoms with Gasteiger partial charge in [-0.05, 0) is 24.8 Å². The van der Waals surface area contributed by atoms with E-state index in [0.717, 1.165) is 5.56 Å². The normalized spacial score (nSPS) is 9.86. The van der Waals surface area contributed by atoms with Gasteiger partial charge in [-0.15, -0.1) is 0 Å². The lowest BCUT2D eigenvalue weighted by atomic mass is 10.1. The Balaban J connectivity index is 2.59. The molecule has 1 rings (SSSR count). The van der Waals surface area contributed by atoms with Gasteiger partial charge in [-0.3, -0.25) is 9.59 Å². The maximum atomic E-state index is 11.5. The van der Waals surface area contributed by atoms with E-state index >= 15 is 0 Å². The molecule has 0 bridgehead atoms. The molecule has 3 nitrogen and oxygen atoms in total. The van der Waals surface area contributed by atoms with Crippen LogP contribution in [0, 0.1) is 6.92 Å². The quantitative estimate of drug-likeness (QED) is 0.436. The predicted molar refractivity (Wildman–Crippen MR) is 54.6 cm³/mol. The highest BCUT2D eigenvalue weighted by Crippen LogP contribution is 2.15. The maximum Gasteiger partial charge on any atom is 0.313 e. The van der Waals surface area contributed by atoms with Crippen LogP contribution in [0.3, 0.4) is 0 Å². The Morgan fingerprint density at radius 2 is 2.14 bits per heavy atom. The molecular weight excluding hydrogens is 200 g/mol. The van der Waals surface area contributed by atoms with Crippen molar-refractivity contribution in [2.75, 3.05) is 6.61 Å². The third-order valence-corrected chi connectivity index (χ3v) is 2.63. The first-order valence-electron chi connectivity index (χ1n) is 4.36. The molecule has 0 saturated carbocycles. The molecule has 0 radical (unpaired) electrons. The van der Waals surface area contributed by atoms with Crippen molar-refractivity contribution in [3.8, 4) is 0 Å². The minimum atomic E-state index is -0.455. The van der Waals surface area contributed by atoms with E-state index in [-0.39, 0.29) is 12.2 Å². The fourth-order valence-electron chi connectivity index (χ4n) is 1.08. The summed E-state index contributed by atoms with van der Waals surface area (Å²) in [6.07, 6.45) is -0.161. The minimum Gasteiger partial charge on any atom is -0.466 e. The van der Waals surface area contributed by atoms with E-state index in [1.165, 1.54) is 11.3 Å². The van der Waals surface area contributed by atoms with E-state index in [9.17, 15) is 9.59 Å². The summed E-state index contributed by atoms with van der Waals surface area (Å²) in [6, 6.07) is 0. The van der Waals surface area contributed by atoms with Gasteiger partial charge >= 0.3 is 5.97 Å². The monoisotopic (exact) mass is 212 g/mol. The number of hydrogen-bond acceptors (Lipinski definition) is 4. The smallest absolute Gasteiger partial charge is 0.313 e. The summed E-state index contributed by atoms with van der Waals surface area (Å²) in [7, 11) is 0. The summed E-state index contributed by atoms with van der Waals surface area (Å²) in [5, 5.41) is 3.65. The highest BCUT2D eigenvalue weighted by atomic mass is 32.1. The zero-order chi connectivity index (χ0) is 10.6. The molecule has 0 spiro atoms. The van der Waals surface area contributed by atoms with E-state index in [4.69, 9.17) is 4.74 Å². The summed E-state index contributed by atoms with van der Waals surface area (Å²) in [5.74, 6) is -0.620. The third kappa shape index (κ3) is 2.67. The fourth-order valence-corrected chi connectivity index (χ4v) is 1.94. The second-order valence-electron chi connectivity index (χ2n) is 2.87. The second-order valence-corrected chi connectivity index (χ2v) is 3.62. The van der Waals surface area contributed by atoms with Gasteiger partial charge in [0.2, 0.25) is 0 Å². The van der Waals surface area contributed by atoms with Crippen LogP contribution in [0.25, 0.3) is 0 Å². The number of aryl methyl sites for hydroxylation is 1. The Morgan fingerprint density at radius 3 is 2.64 bits per heavy atom. The van der Waals surface area contributed by atoms with Crippen LogP contribution in [0.15, 0.2) is 10.8 Å². The number of carbonyl (C=O) groups is 2. The van der Waals surface area contributed by atoms with E-state index in [1.807, 2.05) is 12.3 Å².